The number of rotatable bonds is 6. The molecule has 0 aliphatic carbocycles. The van der Waals surface area contributed by atoms with Gasteiger partial charge in [0.15, 0.2) is 11.0 Å². The third-order valence-electron chi connectivity index (χ3n) is 5.26. The van der Waals surface area contributed by atoms with Crippen molar-refractivity contribution in [2.45, 2.75) is 10.4 Å². The van der Waals surface area contributed by atoms with Gasteiger partial charge >= 0.3 is 0 Å². The molecule has 4 aromatic rings. The quantitative estimate of drug-likeness (QED) is 0.389. The maximum atomic E-state index is 13.6. The molecule has 8 heteroatoms. The van der Waals surface area contributed by atoms with Gasteiger partial charge in [0.1, 0.15) is 5.25 Å². The molecule has 5 rings (SSSR count). The number of thioether (sulfide) groups is 1. The van der Waals surface area contributed by atoms with Crippen LogP contribution in [0.1, 0.15) is 10.8 Å². The Morgan fingerprint density at radius 1 is 0.938 bits per heavy atom. The molecule has 1 fully saturated rings. The number of carbonyl (C=O) groups is 1. The number of benzene rings is 2. The minimum Gasteiger partial charge on any atom is -0.378 e. The second-order valence-electron chi connectivity index (χ2n) is 7.30. The molecule has 1 atom stereocenters. The van der Waals surface area contributed by atoms with Crippen molar-refractivity contribution >= 4 is 29.0 Å². The molecule has 6 nitrogen and oxygen atoms in total. The number of amides is 1. The van der Waals surface area contributed by atoms with Gasteiger partial charge in [0.05, 0.1) is 18.1 Å². The van der Waals surface area contributed by atoms with Crippen molar-refractivity contribution in [3.8, 4) is 16.4 Å². The number of carbonyl (C=O) groups excluding carboxylic acids is 1. The lowest BCUT2D eigenvalue weighted by Gasteiger charge is -2.30. The number of thiophene rings is 1. The normalized spacial score (nSPS) is 14.9. The maximum absolute atomic E-state index is 13.6. The van der Waals surface area contributed by atoms with Crippen molar-refractivity contribution in [1.29, 1.82) is 0 Å². The summed E-state index contributed by atoms with van der Waals surface area (Å²) in [4.78, 5) is 16.5. The smallest absolute Gasteiger partial charge is 0.240 e. The third kappa shape index (κ3) is 4.34. The molecular weight excluding hydrogens is 440 g/mol. The minimum atomic E-state index is -0.419. The highest BCUT2D eigenvalue weighted by Crippen LogP contribution is 2.39. The van der Waals surface area contributed by atoms with Crippen molar-refractivity contribution in [3.63, 3.8) is 0 Å². The van der Waals surface area contributed by atoms with Crippen LogP contribution in [0.3, 0.4) is 0 Å². The Morgan fingerprint density at radius 2 is 1.66 bits per heavy atom. The Hall–Kier alpha value is -2.94. The molecule has 0 unspecified atom stereocenters. The number of hydrogen-bond donors (Lipinski definition) is 0. The molecule has 32 heavy (non-hydrogen) atoms. The number of hydrogen-bond acceptors (Lipinski definition) is 6. The number of ether oxygens (including phenoxy) is 1. The molecule has 0 bridgehead atoms. The van der Waals surface area contributed by atoms with Crippen molar-refractivity contribution in [2.75, 3.05) is 26.3 Å². The molecule has 1 aliphatic heterocycles. The van der Waals surface area contributed by atoms with E-state index in [0.29, 0.717) is 31.5 Å². The van der Waals surface area contributed by atoms with Crippen LogP contribution in [-0.2, 0) is 9.53 Å². The lowest BCUT2D eigenvalue weighted by Crippen LogP contribution is -2.42. The average Bonchev–Trinajstić information content (AvgIpc) is 3.54. The lowest BCUT2D eigenvalue weighted by atomic mass is 10.1. The zero-order valence-corrected chi connectivity index (χ0v) is 19.0. The summed E-state index contributed by atoms with van der Waals surface area (Å²) in [5.41, 5.74) is 1.92. The van der Waals surface area contributed by atoms with E-state index in [1.165, 1.54) is 11.8 Å². The van der Waals surface area contributed by atoms with Gasteiger partial charge in [-0.05, 0) is 29.1 Å². The molecular formula is C24H22N4O2S2. The molecule has 3 heterocycles. The van der Waals surface area contributed by atoms with Gasteiger partial charge < -0.3 is 9.64 Å². The first-order valence-electron chi connectivity index (χ1n) is 10.4. The monoisotopic (exact) mass is 462 g/mol. The number of nitrogens with zero attached hydrogens (tertiary/aromatic N) is 4. The number of para-hydroxylation sites is 1. The van der Waals surface area contributed by atoms with Crippen molar-refractivity contribution < 1.29 is 9.53 Å². The molecule has 1 aliphatic rings. The van der Waals surface area contributed by atoms with Crippen LogP contribution in [0, 0.1) is 0 Å². The topological polar surface area (TPSA) is 60.2 Å². The number of aromatic nitrogens is 3. The summed E-state index contributed by atoms with van der Waals surface area (Å²) in [6.45, 7) is 2.35. The number of morpholine rings is 1. The van der Waals surface area contributed by atoms with Crippen LogP contribution < -0.4 is 0 Å². The summed E-state index contributed by atoms with van der Waals surface area (Å²) in [5, 5.41) is 11.3. The predicted molar refractivity (Wildman–Crippen MR) is 127 cm³/mol. The second kappa shape index (κ2) is 9.68. The van der Waals surface area contributed by atoms with E-state index in [4.69, 9.17) is 4.74 Å². The molecule has 2 aromatic heterocycles. The molecule has 0 radical (unpaired) electrons. The van der Waals surface area contributed by atoms with Crippen molar-refractivity contribution in [1.82, 2.24) is 19.7 Å². The van der Waals surface area contributed by atoms with Gasteiger partial charge in [-0.1, -0.05) is 66.4 Å². The summed E-state index contributed by atoms with van der Waals surface area (Å²) in [7, 11) is 0. The molecule has 2 aromatic carbocycles. The fourth-order valence-corrected chi connectivity index (χ4v) is 5.50. The predicted octanol–water partition coefficient (Wildman–Crippen LogP) is 4.69. The van der Waals surface area contributed by atoms with Crippen LogP contribution in [0.25, 0.3) is 16.4 Å². The van der Waals surface area contributed by atoms with Crippen LogP contribution in [0.5, 0.6) is 0 Å². The Kier molecular flexibility index (Phi) is 6.34. The third-order valence-corrected chi connectivity index (χ3v) is 7.31. The summed E-state index contributed by atoms with van der Waals surface area (Å²) in [6.07, 6.45) is 0. The van der Waals surface area contributed by atoms with Gasteiger partial charge in [-0.3, -0.25) is 9.36 Å². The van der Waals surface area contributed by atoms with Gasteiger partial charge in [-0.25, -0.2) is 0 Å². The SMILES string of the molecule is O=C([C@@H](Sc1nnc(-c2cccs2)n1-c1ccccc1)c1ccccc1)N1CCOCC1. The van der Waals surface area contributed by atoms with E-state index >= 15 is 0 Å². The summed E-state index contributed by atoms with van der Waals surface area (Å²) < 4.78 is 7.49. The first-order valence-corrected chi connectivity index (χ1v) is 12.2. The van der Waals surface area contributed by atoms with Crippen molar-refractivity contribution in [3.05, 3.63) is 83.7 Å². The summed E-state index contributed by atoms with van der Waals surface area (Å²) in [6, 6.07) is 24.0. The highest BCUT2D eigenvalue weighted by Gasteiger charge is 2.30. The maximum Gasteiger partial charge on any atom is 0.240 e. The zero-order chi connectivity index (χ0) is 21.8. The Labute approximate surface area is 194 Å². The second-order valence-corrected chi connectivity index (χ2v) is 9.32. The van der Waals surface area contributed by atoms with Crippen LogP contribution in [0.15, 0.2) is 83.3 Å². The van der Waals surface area contributed by atoms with Gasteiger partial charge in [0, 0.05) is 18.8 Å². The summed E-state index contributed by atoms with van der Waals surface area (Å²) in [5.74, 6) is 0.851. The minimum absolute atomic E-state index is 0.0739. The van der Waals surface area contributed by atoms with Gasteiger partial charge in [-0.15, -0.1) is 21.5 Å². The first kappa shape index (κ1) is 20.9. The Morgan fingerprint density at radius 3 is 2.34 bits per heavy atom. The molecule has 0 spiro atoms. The lowest BCUT2D eigenvalue weighted by molar-refractivity contribution is -0.134. The van der Waals surface area contributed by atoms with Gasteiger partial charge in [0.2, 0.25) is 5.91 Å². The fraction of sp³-hybridized carbons (Fsp3) is 0.208. The van der Waals surface area contributed by atoms with Crippen LogP contribution in [0.4, 0.5) is 0 Å². The van der Waals surface area contributed by atoms with E-state index < -0.39 is 5.25 Å². The van der Waals surface area contributed by atoms with Crippen LogP contribution in [-0.4, -0.2) is 51.9 Å². The van der Waals surface area contributed by atoms with Crippen molar-refractivity contribution in [2.24, 2.45) is 0 Å². The molecule has 0 saturated carbocycles. The Balaban J connectivity index is 1.56. The highest BCUT2D eigenvalue weighted by molar-refractivity contribution is 8.00. The van der Waals surface area contributed by atoms with E-state index in [0.717, 1.165) is 22.0 Å². The highest BCUT2D eigenvalue weighted by atomic mass is 32.2. The van der Waals surface area contributed by atoms with E-state index in [-0.39, 0.29) is 5.91 Å². The zero-order valence-electron chi connectivity index (χ0n) is 17.3. The first-order chi connectivity index (χ1) is 15.8. The fourth-order valence-electron chi connectivity index (χ4n) is 3.67. The van der Waals surface area contributed by atoms with Crippen LogP contribution in [0.2, 0.25) is 0 Å². The van der Waals surface area contributed by atoms with Gasteiger partial charge in [0.25, 0.3) is 0 Å². The van der Waals surface area contributed by atoms with E-state index in [1.54, 1.807) is 11.3 Å². The van der Waals surface area contributed by atoms with Crippen LogP contribution >= 0.6 is 23.1 Å². The molecule has 0 N–H and O–H groups in total. The molecule has 1 saturated heterocycles. The van der Waals surface area contributed by atoms with E-state index in [2.05, 4.69) is 10.2 Å². The summed E-state index contributed by atoms with van der Waals surface area (Å²) >= 11 is 3.07. The molecule has 162 valence electrons. The average molecular weight is 463 g/mol. The Bertz CT molecular complexity index is 1160. The molecule has 1 amide bonds. The van der Waals surface area contributed by atoms with Gasteiger partial charge in [-0.2, -0.15) is 0 Å². The van der Waals surface area contributed by atoms with E-state index in [1.807, 2.05) is 87.6 Å². The largest absolute Gasteiger partial charge is 0.378 e. The standard InChI is InChI=1S/C24H22N4O2S2/c29-23(27-13-15-30-16-14-27)21(18-8-3-1-4-9-18)32-24-26-25-22(20-12-7-17-31-20)28(24)19-10-5-2-6-11-19/h1-12,17,21H,13-16H2/t21-/m0/s1. The van der Waals surface area contributed by atoms with E-state index in [9.17, 15) is 4.79 Å².